The number of aromatic nitrogens is 2. The number of carbonyl (C=O) groups excluding carboxylic acids is 1. The molecule has 3 heterocycles. The van der Waals surface area contributed by atoms with Crippen molar-refractivity contribution in [3.8, 4) is 0 Å². The summed E-state index contributed by atoms with van der Waals surface area (Å²) in [6.45, 7) is 9.99. The van der Waals surface area contributed by atoms with Gasteiger partial charge in [0.15, 0.2) is 0 Å². The minimum absolute atomic E-state index is 0.154. The molecule has 2 aliphatic rings. The molecule has 5 heteroatoms. The lowest BCUT2D eigenvalue weighted by molar-refractivity contribution is 0.0175. The predicted octanol–water partition coefficient (Wildman–Crippen LogP) is 4.02. The van der Waals surface area contributed by atoms with Gasteiger partial charge in [0.25, 0.3) is 0 Å². The molecule has 126 valence electrons. The Kier molecular flexibility index (Phi) is 3.98. The van der Waals surface area contributed by atoms with Crippen molar-refractivity contribution in [1.29, 1.82) is 0 Å². The zero-order chi connectivity index (χ0) is 16.8. The fourth-order valence-corrected chi connectivity index (χ4v) is 3.43. The molecule has 2 aliphatic heterocycles. The van der Waals surface area contributed by atoms with Gasteiger partial charge in [0.2, 0.25) is 0 Å². The fourth-order valence-electron chi connectivity index (χ4n) is 3.43. The molecule has 0 aliphatic carbocycles. The van der Waals surface area contributed by atoms with Gasteiger partial charge in [-0.05, 0) is 59.5 Å². The van der Waals surface area contributed by atoms with Crippen LogP contribution in [0.3, 0.4) is 0 Å². The molecule has 23 heavy (non-hydrogen) atoms. The maximum Gasteiger partial charge on any atom is 0.411 e. The minimum Gasteiger partial charge on any atom is -0.444 e. The van der Waals surface area contributed by atoms with Crippen LogP contribution in [0.2, 0.25) is 0 Å². The number of amides is 1. The standard InChI is InChI=1S/C18H27N3O2/c1-12(2)20-11-14(10-19-20)13-8-15-6-7-16(9-13)21(15)17(22)23-18(3,4)5/h8,10-12,15-16H,6-7,9H2,1-5H3. The van der Waals surface area contributed by atoms with E-state index in [0.717, 1.165) is 19.3 Å². The van der Waals surface area contributed by atoms with Crippen LogP contribution in [0.15, 0.2) is 18.5 Å². The van der Waals surface area contributed by atoms with Crippen molar-refractivity contribution in [3.63, 3.8) is 0 Å². The number of fused-ring (bicyclic) bond motifs is 2. The number of hydrogen-bond donors (Lipinski definition) is 0. The second kappa shape index (κ2) is 5.69. The van der Waals surface area contributed by atoms with Crippen molar-refractivity contribution in [1.82, 2.24) is 14.7 Å². The first-order valence-corrected chi connectivity index (χ1v) is 8.51. The van der Waals surface area contributed by atoms with Crippen LogP contribution >= 0.6 is 0 Å². The van der Waals surface area contributed by atoms with Crippen LogP contribution in [-0.2, 0) is 4.74 Å². The van der Waals surface area contributed by atoms with Crippen LogP contribution in [0.1, 0.15) is 65.5 Å². The average molecular weight is 317 g/mol. The topological polar surface area (TPSA) is 47.4 Å². The van der Waals surface area contributed by atoms with Gasteiger partial charge in [0.05, 0.1) is 12.2 Å². The average Bonchev–Trinajstić information content (AvgIpc) is 3.00. The van der Waals surface area contributed by atoms with E-state index in [1.807, 2.05) is 36.5 Å². The second-order valence-electron chi connectivity index (χ2n) is 7.88. The van der Waals surface area contributed by atoms with Gasteiger partial charge < -0.3 is 4.74 Å². The molecular weight excluding hydrogens is 290 g/mol. The first-order valence-electron chi connectivity index (χ1n) is 8.51. The summed E-state index contributed by atoms with van der Waals surface area (Å²) >= 11 is 0. The van der Waals surface area contributed by atoms with Crippen molar-refractivity contribution in [2.75, 3.05) is 0 Å². The van der Waals surface area contributed by atoms with Gasteiger partial charge in [-0.1, -0.05) is 6.08 Å². The van der Waals surface area contributed by atoms with Crippen LogP contribution in [0.25, 0.3) is 5.57 Å². The van der Waals surface area contributed by atoms with Crippen LogP contribution in [-0.4, -0.2) is 38.5 Å². The van der Waals surface area contributed by atoms with Gasteiger partial charge in [-0.25, -0.2) is 4.79 Å². The summed E-state index contributed by atoms with van der Waals surface area (Å²) in [6, 6.07) is 0.765. The molecule has 0 spiro atoms. The molecule has 1 amide bonds. The summed E-state index contributed by atoms with van der Waals surface area (Å²) in [5.74, 6) is 0. The van der Waals surface area contributed by atoms with Gasteiger partial charge in [-0.2, -0.15) is 5.10 Å². The van der Waals surface area contributed by atoms with Crippen molar-refractivity contribution >= 4 is 11.7 Å². The summed E-state index contributed by atoms with van der Waals surface area (Å²) in [5.41, 5.74) is 2.04. The Hall–Kier alpha value is -1.78. The Morgan fingerprint density at radius 2 is 2.09 bits per heavy atom. The van der Waals surface area contributed by atoms with Gasteiger partial charge in [0, 0.05) is 23.8 Å². The maximum atomic E-state index is 12.5. The third-order valence-electron chi connectivity index (χ3n) is 4.50. The zero-order valence-electron chi connectivity index (χ0n) is 14.7. The highest BCUT2D eigenvalue weighted by molar-refractivity contribution is 5.74. The molecule has 1 aromatic heterocycles. The van der Waals surface area contributed by atoms with E-state index in [1.54, 1.807) is 0 Å². The quantitative estimate of drug-likeness (QED) is 0.827. The first-order chi connectivity index (χ1) is 10.7. The lowest BCUT2D eigenvalue weighted by atomic mass is 9.97. The Morgan fingerprint density at radius 3 is 2.65 bits per heavy atom. The van der Waals surface area contributed by atoms with Crippen molar-refractivity contribution in [2.24, 2.45) is 0 Å². The summed E-state index contributed by atoms with van der Waals surface area (Å²) in [4.78, 5) is 14.4. The highest BCUT2D eigenvalue weighted by Gasteiger charge is 2.41. The third-order valence-corrected chi connectivity index (χ3v) is 4.50. The highest BCUT2D eigenvalue weighted by Crippen LogP contribution is 2.39. The van der Waals surface area contributed by atoms with E-state index in [4.69, 9.17) is 4.74 Å². The van der Waals surface area contributed by atoms with Crippen LogP contribution in [0.4, 0.5) is 4.79 Å². The van der Waals surface area contributed by atoms with Gasteiger partial charge in [-0.15, -0.1) is 0 Å². The van der Waals surface area contributed by atoms with E-state index in [9.17, 15) is 4.79 Å². The lowest BCUT2D eigenvalue weighted by Crippen LogP contribution is -2.45. The molecule has 0 aromatic carbocycles. The van der Waals surface area contributed by atoms with Crippen molar-refractivity contribution in [3.05, 3.63) is 24.0 Å². The van der Waals surface area contributed by atoms with E-state index < -0.39 is 5.60 Å². The number of hydrogen-bond acceptors (Lipinski definition) is 3. The molecule has 0 radical (unpaired) electrons. The molecular formula is C18H27N3O2. The Balaban J connectivity index is 1.78. The van der Waals surface area contributed by atoms with E-state index >= 15 is 0 Å². The summed E-state index contributed by atoms with van der Waals surface area (Å²) in [5, 5.41) is 4.43. The van der Waals surface area contributed by atoms with E-state index in [-0.39, 0.29) is 18.2 Å². The SMILES string of the molecule is CC(C)n1cc(C2=CC3CCC(C2)N3C(=O)OC(C)(C)C)cn1. The predicted molar refractivity (Wildman–Crippen MR) is 90.1 cm³/mol. The minimum atomic E-state index is -0.446. The monoisotopic (exact) mass is 317 g/mol. The Labute approximate surface area is 138 Å². The van der Waals surface area contributed by atoms with Crippen molar-refractivity contribution in [2.45, 2.75) is 77.6 Å². The molecule has 2 bridgehead atoms. The molecule has 0 saturated carbocycles. The normalized spacial score (nSPS) is 24.1. The molecule has 1 saturated heterocycles. The molecule has 1 aromatic rings. The Bertz CT molecular complexity index is 624. The van der Waals surface area contributed by atoms with Crippen LogP contribution < -0.4 is 0 Å². The molecule has 1 fully saturated rings. The van der Waals surface area contributed by atoms with Gasteiger partial charge in [0.1, 0.15) is 5.60 Å². The number of rotatable bonds is 2. The number of carbonyl (C=O) groups is 1. The van der Waals surface area contributed by atoms with Crippen LogP contribution in [0.5, 0.6) is 0 Å². The second-order valence-corrected chi connectivity index (χ2v) is 7.88. The zero-order valence-corrected chi connectivity index (χ0v) is 14.7. The lowest BCUT2D eigenvalue weighted by Gasteiger charge is -2.35. The highest BCUT2D eigenvalue weighted by atomic mass is 16.6. The molecule has 5 nitrogen and oxygen atoms in total. The third kappa shape index (κ3) is 3.28. The van der Waals surface area contributed by atoms with Crippen molar-refractivity contribution < 1.29 is 9.53 Å². The number of nitrogens with zero attached hydrogens (tertiary/aromatic N) is 3. The van der Waals surface area contributed by atoms with E-state index in [0.29, 0.717) is 6.04 Å². The largest absolute Gasteiger partial charge is 0.444 e. The molecule has 2 atom stereocenters. The van der Waals surface area contributed by atoms with Crippen LogP contribution in [0, 0.1) is 0 Å². The van der Waals surface area contributed by atoms with Gasteiger partial charge in [-0.3, -0.25) is 9.58 Å². The number of ether oxygens (including phenoxy) is 1. The van der Waals surface area contributed by atoms with E-state index in [2.05, 4.69) is 31.2 Å². The van der Waals surface area contributed by atoms with E-state index in [1.165, 1.54) is 11.1 Å². The fraction of sp³-hybridized carbons (Fsp3) is 0.667. The molecule has 0 N–H and O–H groups in total. The molecule has 3 rings (SSSR count). The first kappa shape index (κ1) is 16.1. The summed E-state index contributed by atoms with van der Waals surface area (Å²) in [7, 11) is 0. The summed E-state index contributed by atoms with van der Waals surface area (Å²) in [6.07, 6.45) is 9.05. The molecule has 2 unspecified atom stereocenters. The summed E-state index contributed by atoms with van der Waals surface area (Å²) < 4.78 is 7.56. The Morgan fingerprint density at radius 1 is 1.35 bits per heavy atom. The maximum absolute atomic E-state index is 12.5. The van der Waals surface area contributed by atoms with Gasteiger partial charge >= 0.3 is 6.09 Å². The smallest absolute Gasteiger partial charge is 0.411 e.